The zero-order chi connectivity index (χ0) is 21.6. The summed E-state index contributed by atoms with van der Waals surface area (Å²) in [6.07, 6.45) is 3.19. The standard InChI is InChI=1S/C21H28N4O3S2/c1-3-12-22-21(29)23-19-15-18(10-11-20(19)25-13-4-5-14-25)30(26,27)24-16-6-8-17(28-2)9-7-16/h6-11,15,24H,3-5,12-14H2,1-2H3,(H2,22,23,29). The molecule has 2 aromatic carbocycles. The van der Waals surface area contributed by atoms with E-state index in [9.17, 15) is 8.42 Å². The molecule has 0 atom stereocenters. The van der Waals surface area contributed by atoms with Gasteiger partial charge in [-0.1, -0.05) is 6.92 Å². The number of anilines is 3. The van der Waals surface area contributed by atoms with Crippen LogP contribution in [0.3, 0.4) is 0 Å². The summed E-state index contributed by atoms with van der Waals surface area (Å²) in [6.45, 7) is 4.70. The predicted octanol–water partition coefficient (Wildman–Crippen LogP) is 3.79. The second-order valence-electron chi connectivity index (χ2n) is 7.09. The Morgan fingerprint density at radius 3 is 2.47 bits per heavy atom. The summed E-state index contributed by atoms with van der Waals surface area (Å²) in [5, 5.41) is 6.80. The minimum atomic E-state index is -3.76. The number of nitrogens with zero attached hydrogens (tertiary/aromatic N) is 1. The third-order valence-electron chi connectivity index (χ3n) is 4.85. The molecule has 7 nitrogen and oxygen atoms in total. The van der Waals surface area contributed by atoms with E-state index in [-0.39, 0.29) is 4.90 Å². The summed E-state index contributed by atoms with van der Waals surface area (Å²) in [5.41, 5.74) is 2.11. The van der Waals surface area contributed by atoms with Gasteiger partial charge in [0, 0.05) is 25.3 Å². The summed E-state index contributed by atoms with van der Waals surface area (Å²) in [6, 6.07) is 11.9. The van der Waals surface area contributed by atoms with Gasteiger partial charge in [-0.25, -0.2) is 8.42 Å². The van der Waals surface area contributed by atoms with E-state index in [2.05, 4.69) is 27.2 Å². The second kappa shape index (κ2) is 9.99. The van der Waals surface area contributed by atoms with Crippen molar-refractivity contribution in [1.29, 1.82) is 0 Å². The van der Waals surface area contributed by atoms with E-state index < -0.39 is 10.0 Å². The van der Waals surface area contributed by atoms with Crippen LogP contribution in [0, 0.1) is 0 Å². The van der Waals surface area contributed by atoms with Crippen LogP contribution in [0.25, 0.3) is 0 Å². The number of sulfonamides is 1. The minimum absolute atomic E-state index is 0.169. The van der Waals surface area contributed by atoms with Crippen molar-refractivity contribution in [2.45, 2.75) is 31.1 Å². The van der Waals surface area contributed by atoms with Gasteiger partial charge >= 0.3 is 0 Å². The largest absolute Gasteiger partial charge is 0.497 e. The number of nitrogens with one attached hydrogen (secondary N) is 3. The molecular formula is C21H28N4O3S2. The van der Waals surface area contributed by atoms with Gasteiger partial charge in [0.25, 0.3) is 10.0 Å². The number of rotatable bonds is 8. The highest BCUT2D eigenvalue weighted by atomic mass is 32.2. The Bertz CT molecular complexity index is 972. The summed E-state index contributed by atoms with van der Waals surface area (Å²) in [4.78, 5) is 2.42. The molecule has 0 saturated carbocycles. The van der Waals surface area contributed by atoms with Crippen LogP contribution in [0.2, 0.25) is 0 Å². The summed E-state index contributed by atoms with van der Waals surface area (Å²) in [5.74, 6) is 0.660. The molecule has 0 aromatic heterocycles. The Labute approximate surface area is 183 Å². The number of benzene rings is 2. The zero-order valence-electron chi connectivity index (χ0n) is 17.3. The topological polar surface area (TPSA) is 82.7 Å². The lowest BCUT2D eigenvalue weighted by atomic mass is 10.2. The molecule has 1 aliphatic heterocycles. The van der Waals surface area contributed by atoms with Gasteiger partial charge in [-0.15, -0.1) is 0 Å². The Hall–Kier alpha value is -2.52. The molecule has 1 aliphatic rings. The van der Waals surface area contributed by atoms with Crippen LogP contribution >= 0.6 is 12.2 Å². The quantitative estimate of drug-likeness (QED) is 0.530. The molecule has 0 aliphatic carbocycles. The van der Waals surface area contributed by atoms with Crippen LogP contribution in [0.15, 0.2) is 47.4 Å². The minimum Gasteiger partial charge on any atom is -0.497 e. The van der Waals surface area contributed by atoms with Gasteiger partial charge in [-0.2, -0.15) is 0 Å². The van der Waals surface area contributed by atoms with Gasteiger partial charge in [0.2, 0.25) is 0 Å². The molecule has 3 N–H and O–H groups in total. The monoisotopic (exact) mass is 448 g/mol. The van der Waals surface area contributed by atoms with E-state index in [4.69, 9.17) is 17.0 Å². The molecular weight excluding hydrogens is 420 g/mol. The highest BCUT2D eigenvalue weighted by molar-refractivity contribution is 7.92. The van der Waals surface area contributed by atoms with Crippen molar-refractivity contribution >= 4 is 44.4 Å². The predicted molar refractivity (Wildman–Crippen MR) is 126 cm³/mol. The van der Waals surface area contributed by atoms with Crippen molar-refractivity contribution in [1.82, 2.24) is 5.32 Å². The van der Waals surface area contributed by atoms with Gasteiger partial charge in [0.05, 0.1) is 23.4 Å². The molecule has 30 heavy (non-hydrogen) atoms. The molecule has 0 amide bonds. The fourth-order valence-electron chi connectivity index (χ4n) is 3.29. The first-order valence-corrected chi connectivity index (χ1v) is 11.9. The van der Waals surface area contributed by atoms with Crippen LogP contribution in [0.4, 0.5) is 17.1 Å². The maximum atomic E-state index is 13.0. The Balaban J connectivity index is 1.87. The maximum absolute atomic E-state index is 13.0. The smallest absolute Gasteiger partial charge is 0.261 e. The maximum Gasteiger partial charge on any atom is 0.261 e. The van der Waals surface area contributed by atoms with Crippen molar-refractivity contribution < 1.29 is 13.2 Å². The number of hydrogen-bond donors (Lipinski definition) is 3. The van der Waals surface area contributed by atoms with Crippen LogP contribution in [-0.4, -0.2) is 40.3 Å². The molecule has 162 valence electrons. The molecule has 1 fully saturated rings. The summed E-state index contributed by atoms with van der Waals surface area (Å²) < 4.78 is 33.7. The van der Waals surface area contributed by atoms with Crippen LogP contribution < -0.4 is 25.0 Å². The van der Waals surface area contributed by atoms with Crippen LogP contribution in [0.5, 0.6) is 5.75 Å². The third kappa shape index (κ3) is 5.54. The molecule has 0 radical (unpaired) electrons. The summed E-state index contributed by atoms with van der Waals surface area (Å²) >= 11 is 5.38. The fourth-order valence-corrected chi connectivity index (χ4v) is 4.59. The second-order valence-corrected chi connectivity index (χ2v) is 9.18. The average Bonchev–Trinajstić information content (AvgIpc) is 3.27. The first kappa shape index (κ1) is 22.2. The van der Waals surface area contributed by atoms with E-state index in [1.54, 1.807) is 43.5 Å². The van der Waals surface area contributed by atoms with E-state index in [1.807, 2.05) is 6.07 Å². The molecule has 0 bridgehead atoms. The van der Waals surface area contributed by atoms with Gasteiger partial charge in [-0.3, -0.25) is 4.72 Å². The van der Waals surface area contributed by atoms with Crippen LogP contribution in [-0.2, 0) is 10.0 Å². The van der Waals surface area contributed by atoms with E-state index in [0.717, 1.165) is 44.6 Å². The van der Waals surface area contributed by atoms with Crippen molar-refractivity contribution in [3.05, 3.63) is 42.5 Å². The van der Waals surface area contributed by atoms with Crippen LogP contribution in [0.1, 0.15) is 26.2 Å². The van der Waals surface area contributed by atoms with Crippen molar-refractivity contribution in [3.8, 4) is 5.75 Å². The van der Waals surface area contributed by atoms with Gasteiger partial charge in [0.1, 0.15) is 5.75 Å². The van der Waals surface area contributed by atoms with Crippen molar-refractivity contribution in [2.24, 2.45) is 0 Å². The van der Waals surface area contributed by atoms with E-state index in [0.29, 0.717) is 22.2 Å². The lowest BCUT2D eigenvalue weighted by Crippen LogP contribution is -2.30. The molecule has 3 rings (SSSR count). The highest BCUT2D eigenvalue weighted by Gasteiger charge is 2.21. The Kier molecular flexibility index (Phi) is 7.38. The number of hydrogen-bond acceptors (Lipinski definition) is 5. The van der Waals surface area contributed by atoms with Gasteiger partial charge in [-0.05, 0) is 73.9 Å². The van der Waals surface area contributed by atoms with Crippen molar-refractivity contribution in [3.63, 3.8) is 0 Å². The molecule has 0 unspecified atom stereocenters. The lowest BCUT2D eigenvalue weighted by Gasteiger charge is -2.23. The normalized spacial score (nSPS) is 13.7. The van der Waals surface area contributed by atoms with Crippen molar-refractivity contribution in [2.75, 3.05) is 41.7 Å². The van der Waals surface area contributed by atoms with Gasteiger partial charge in [0.15, 0.2) is 5.11 Å². The summed E-state index contributed by atoms with van der Waals surface area (Å²) in [7, 11) is -2.20. The molecule has 0 spiro atoms. The third-order valence-corrected chi connectivity index (χ3v) is 6.48. The first-order chi connectivity index (χ1) is 14.4. The fraction of sp³-hybridized carbons (Fsp3) is 0.381. The van der Waals surface area contributed by atoms with Gasteiger partial charge < -0.3 is 20.3 Å². The Morgan fingerprint density at radius 2 is 1.83 bits per heavy atom. The zero-order valence-corrected chi connectivity index (χ0v) is 18.9. The van der Waals surface area contributed by atoms with E-state index in [1.165, 1.54) is 0 Å². The molecule has 9 heteroatoms. The highest BCUT2D eigenvalue weighted by Crippen LogP contribution is 2.32. The molecule has 2 aromatic rings. The number of thiocarbonyl (C=S) groups is 1. The number of ether oxygens (including phenoxy) is 1. The lowest BCUT2D eigenvalue weighted by molar-refractivity contribution is 0.415. The average molecular weight is 449 g/mol. The first-order valence-electron chi connectivity index (χ1n) is 10.0. The van der Waals surface area contributed by atoms with E-state index >= 15 is 0 Å². The molecule has 1 heterocycles. The molecule has 1 saturated heterocycles. The number of methoxy groups -OCH3 is 1. The Morgan fingerprint density at radius 1 is 1.13 bits per heavy atom. The SMILES string of the molecule is CCCNC(=S)Nc1cc(S(=O)(=O)Nc2ccc(OC)cc2)ccc1N1CCCC1.